The highest BCUT2D eigenvalue weighted by Gasteiger charge is 2.23. The maximum absolute atomic E-state index is 12.7. The number of aromatic nitrogens is 2. The van der Waals surface area contributed by atoms with Crippen LogP contribution < -0.4 is 16.2 Å². The van der Waals surface area contributed by atoms with E-state index < -0.39 is 17.2 Å². The van der Waals surface area contributed by atoms with E-state index in [0.717, 1.165) is 0 Å². The molecule has 1 atom stereocenters. The molecule has 0 aliphatic heterocycles. The second-order valence-electron chi connectivity index (χ2n) is 6.98. The summed E-state index contributed by atoms with van der Waals surface area (Å²) in [7, 11) is 1.46. The van der Waals surface area contributed by atoms with Crippen molar-refractivity contribution in [3.63, 3.8) is 0 Å². The van der Waals surface area contributed by atoms with E-state index >= 15 is 0 Å². The van der Waals surface area contributed by atoms with E-state index in [0.29, 0.717) is 34.3 Å². The van der Waals surface area contributed by atoms with Gasteiger partial charge in [-0.3, -0.25) is 14.2 Å². The number of nitrogens with one attached hydrogen (secondary N) is 2. The van der Waals surface area contributed by atoms with Crippen molar-refractivity contribution in [1.82, 2.24) is 14.9 Å². The Hall–Kier alpha value is -2.81. The average molecular weight is 465 g/mol. The number of aliphatic hydroxyl groups excluding tert-OH is 1. The number of rotatable bonds is 7. The number of benzene rings is 1. The first-order chi connectivity index (χ1) is 14.8. The summed E-state index contributed by atoms with van der Waals surface area (Å²) in [6.45, 7) is 0.451. The van der Waals surface area contributed by atoms with Crippen LogP contribution in [0.4, 0.5) is 5.69 Å². The largest absolute Gasteiger partial charge is 0.501 e. The van der Waals surface area contributed by atoms with E-state index in [1.54, 1.807) is 30.3 Å². The van der Waals surface area contributed by atoms with E-state index in [-0.39, 0.29) is 30.6 Å². The number of para-hydroxylation sites is 1. The average Bonchev–Trinajstić information content (AvgIpc) is 2.77. The number of aromatic hydroxyl groups is 1. The molecule has 4 N–H and O–H groups in total. The Labute approximate surface area is 188 Å². The number of nitrogens with zero attached hydrogens (tertiary/aromatic N) is 2. The van der Waals surface area contributed by atoms with Gasteiger partial charge in [-0.15, -0.1) is 0 Å². The summed E-state index contributed by atoms with van der Waals surface area (Å²) < 4.78 is 1.17. The second-order valence-corrected chi connectivity index (χ2v) is 7.84. The molecule has 0 fully saturated rings. The van der Waals surface area contributed by atoms with Gasteiger partial charge in [0.2, 0.25) is 5.75 Å². The van der Waals surface area contributed by atoms with Crippen molar-refractivity contribution in [1.29, 1.82) is 0 Å². The van der Waals surface area contributed by atoms with E-state index in [2.05, 4.69) is 15.6 Å². The van der Waals surface area contributed by atoms with Crippen LogP contribution in [0.5, 0.6) is 5.75 Å². The molecule has 2 aromatic rings. The fraction of sp³-hybridized carbons (Fsp3) is 0.286. The molecule has 8 nitrogen and oxygen atoms in total. The summed E-state index contributed by atoms with van der Waals surface area (Å²) in [4.78, 5) is 29.6. The highest BCUT2D eigenvalue weighted by Crippen LogP contribution is 2.29. The lowest BCUT2D eigenvalue weighted by molar-refractivity contribution is 0.0941. The first kappa shape index (κ1) is 22.9. The summed E-state index contributed by atoms with van der Waals surface area (Å²) in [5.74, 6) is -1.29. The van der Waals surface area contributed by atoms with Crippen LogP contribution in [0.25, 0.3) is 11.4 Å². The van der Waals surface area contributed by atoms with Crippen LogP contribution in [-0.2, 0) is 7.05 Å². The third-order valence-corrected chi connectivity index (χ3v) is 5.63. The lowest BCUT2D eigenvalue weighted by Gasteiger charge is -2.18. The zero-order chi connectivity index (χ0) is 22.5. The molecule has 0 saturated carbocycles. The van der Waals surface area contributed by atoms with E-state index in [1.807, 2.05) is 6.08 Å². The minimum atomic E-state index is -0.748. The monoisotopic (exact) mass is 464 g/mol. The lowest BCUT2D eigenvalue weighted by Crippen LogP contribution is -2.32. The third kappa shape index (κ3) is 5.10. The Morgan fingerprint density at radius 1 is 1.32 bits per heavy atom. The molecule has 1 amide bonds. The van der Waals surface area contributed by atoms with Crippen LogP contribution in [0.2, 0.25) is 0 Å². The van der Waals surface area contributed by atoms with Gasteiger partial charge in [0.05, 0.1) is 11.6 Å². The standard InChI is InChI=1S/C21H22Cl2N4O4/c1-27-19(13-4-2-3-5-16(13)24-8-9-28)26-17(18(29)21(27)31)20(30)25-11-12-6-7-14(22)15(23)10-12/h2-7,12,24,28-29H,8-11H2,1H3,(H,25,30). The zero-order valence-corrected chi connectivity index (χ0v) is 18.2. The summed E-state index contributed by atoms with van der Waals surface area (Å²) in [5.41, 5.74) is 0.0603. The molecule has 0 spiro atoms. The zero-order valence-electron chi connectivity index (χ0n) is 16.7. The molecule has 1 aliphatic rings. The van der Waals surface area contributed by atoms with Crippen molar-refractivity contribution in [2.45, 2.75) is 6.42 Å². The molecule has 10 heteroatoms. The van der Waals surface area contributed by atoms with Gasteiger partial charge in [0.25, 0.3) is 11.5 Å². The normalized spacial score (nSPS) is 15.8. The number of carbonyl (C=O) groups excluding carboxylic acids is 1. The number of allylic oxidation sites excluding steroid dienone is 3. The van der Waals surface area contributed by atoms with Crippen LogP contribution in [0.3, 0.4) is 0 Å². The molecular formula is C21H22Cl2N4O4. The molecule has 1 aromatic heterocycles. The minimum Gasteiger partial charge on any atom is -0.501 e. The molecule has 1 unspecified atom stereocenters. The Morgan fingerprint density at radius 3 is 2.77 bits per heavy atom. The van der Waals surface area contributed by atoms with Crippen molar-refractivity contribution in [3.8, 4) is 17.1 Å². The molecule has 164 valence electrons. The predicted molar refractivity (Wildman–Crippen MR) is 120 cm³/mol. The van der Waals surface area contributed by atoms with Gasteiger partial charge in [0.15, 0.2) is 5.69 Å². The Bertz CT molecular complexity index is 1110. The second kappa shape index (κ2) is 10.00. The number of amides is 1. The SMILES string of the molecule is Cn1c(-c2ccccc2NCCO)nc(C(=O)NCC2C=CC(Cl)=C(Cl)C2)c(O)c1=O. The smallest absolute Gasteiger partial charge is 0.296 e. The summed E-state index contributed by atoms with van der Waals surface area (Å²) in [5, 5.41) is 26.1. The molecular weight excluding hydrogens is 443 g/mol. The molecule has 1 aromatic carbocycles. The van der Waals surface area contributed by atoms with Gasteiger partial charge < -0.3 is 20.8 Å². The first-order valence-corrected chi connectivity index (χ1v) is 10.3. The van der Waals surface area contributed by atoms with Crippen LogP contribution in [0.1, 0.15) is 16.9 Å². The van der Waals surface area contributed by atoms with Gasteiger partial charge in [0, 0.05) is 36.4 Å². The number of anilines is 1. The van der Waals surface area contributed by atoms with Gasteiger partial charge >= 0.3 is 0 Å². The summed E-state index contributed by atoms with van der Waals surface area (Å²) in [6, 6.07) is 7.04. The van der Waals surface area contributed by atoms with Gasteiger partial charge in [-0.25, -0.2) is 4.98 Å². The number of hydrogen-bond donors (Lipinski definition) is 4. The fourth-order valence-electron chi connectivity index (χ4n) is 3.17. The fourth-order valence-corrected chi connectivity index (χ4v) is 3.58. The van der Waals surface area contributed by atoms with Gasteiger partial charge in [-0.05, 0) is 30.5 Å². The minimum absolute atomic E-state index is 0.0736. The molecule has 0 bridgehead atoms. The molecule has 1 heterocycles. The van der Waals surface area contributed by atoms with Crippen molar-refractivity contribution < 1.29 is 15.0 Å². The lowest BCUT2D eigenvalue weighted by atomic mass is 10.0. The molecule has 31 heavy (non-hydrogen) atoms. The maximum atomic E-state index is 12.7. The van der Waals surface area contributed by atoms with Gasteiger partial charge in [-0.2, -0.15) is 0 Å². The van der Waals surface area contributed by atoms with Crippen molar-refractivity contribution in [3.05, 3.63) is 62.5 Å². The summed E-state index contributed by atoms with van der Waals surface area (Å²) >= 11 is 12.0. The highest BCUT2D eigenvalue weighted by molar-refractivity contribution is 6.40. The quantitative estimate of drug-likeness (QED) is 0.500. The molecule has 0 saturated heterocycles. The maximum Gasteiger partial charge on any atom is 0.296 e. The Morgan fingerprint density at radius 2 is 2.06 bits per heavy atom. The number of carbonyl (C=O) groups is 1. The van der Waals surface area contributed by atoms with E-state index in [9.17, 15) is 14.7 Å². The highest BCUT2D eigenvalue weighted by atomic mass is 35.5. The van der Waals surface area contributed by atoms with Crippen LogP contribution in [0.15, 0.2) is 51.3 Å². The van der Waals surface area contributed by atoms with Crippen molar-refractivity contribution >= 4 is 34.8 Å². The molecule has 0 radical (unpaired) electrons. The number of aliphatic hydroxyl groups is 1. The van der Waals surface area contributed by atoms with Crippen molar-refractivity contribution in [2.75, 3.05) is 25.0 Å². The van der Waals surface area contributed by atoms with Crippen LogP contribution >= 0.6 is 23.2 Å². The summed E-state index contributed by atoms with van der Waals surface area (Å²) in [6.07, 6.45) is 3.98. The van der Waals surface area contributed by atoms with Gasteiger partial charge in [0.1, 0.15) is 5.82 Å². The Balaban J connectivity index is 1.89. The topological polar surface area (TPSA) is 116 Å². The third-order valence-electron chi connectivity index (χ3n) is 4.82. The Kier molecular flexibility index (Phi) is 7.37. The molecule has 1 aliphatic carbocycles. The van der Waals surface area contributed by atoms with Crippen LogP contribution in [-0.4, -0.2) is 45.4 Å². The number of hydrogen-bond acceptors (Lipinski definition) is 6. The van der Waals surface area contributed by atoms with Crippen LogP contribution in [0, 0.1) is 5.92 Å². The van der Waals surface area contributed by atoms with Gasteiger partial charge in [-0.1, -0.05) is 41.4 Å². The first-order valence-electron chi connectivity index (χ1n) is 9.58. The molecule has 3 rings (SSSR count). The number of halogens is 2. The predicted octanol–water partition coefficient (Wildman–Crippen LogP) is 2.55. The van der Waals surface area contributed by atoms with Crippen molar-refractivity contribution in [2.24, 2.45) is 13.0 Å². The van der Waals surface area contributed by atoms with E-state index in [1.165, 1.54) is 11.6 Å². The van der Waals surface area contributed by atoms with E-state index in [4.69, 9.17) is 28.3 Å².